The van der Waals surface area contributed by atoms with E-state index in [9.17, 15) is 5.11 Å². The smallest absolute Gasteiger partial charge is 0.0910 e. The van der Waals surface area contributed by atoms with Gasteiger partial charge in [-0.05, 0) is 0 Å². The molecular weight excluding hydrogens is 96.1 g/mol. The molecule has 0 aliphatic rings. The first-order valence-corrected chi connectivity index (χ1v) is 2.74. The third-order valence-electron chi connectivity index (χ3n) is 0.0913. The molecule has 1 nitrogen and oxygen atoms in total. The molecule has 39 valence electrons. The van der Waals surface area contributed by atoms with E-state index in [1.165, 1.54) is 0 Å². The van der Waals surface area contributed by atoms with Crippen molar-refractivity contribution in [1.82, 2.24) is 0 Å². The number of hydrogen-bond donors (Lipinski definition) is 1. The Labute approximate surface area is 44.8 Å². The summed E-state index contributed by atoms with van der Waals surface area (Å²) in [7, 11) is 0. The Morgan fingerprint density at radius 2 is 1.67 bits per heavy atom. The largest absolute Gasteiger partial charge is 0.236 e. The maximum absolute atomic E-state index is 9.22. The zero-order chi connectivity index (χ0) is 5.41. The van der Waals surface area contributed by atoms with Crippen LogP contribution in [0.15, 0.2) is 0 Å². The predicted octanol–water partition coefficient (Wildman–Crippen LogP) is 1.37. The summed E-state index contributed by atoms with van der Waals surface area (Å²) in [6.07, 6.45) is 0. The van der Waals surface area contributed by atoms with Crippen LogP contribution >= 0.6 is 12.6 Å². The molecule has 0 N–H and O–H groups in total. The molecule has 0 aromatic heterocycles. The molecule has 1 radical (unpaired) electrons. The molecule has 0 bridgehead atoms. The molecule has 0 fully saturated rings. The van der Waals surface area contributed by atoms with E-state index >= 15 is 0 Å². The highest BCUT2D eigenvalue weighted by molar-refractivity contribution is 7.80. The summed E-state index contributed by atoms with van der Waals surface area (Å²) < 4.78 is 0. The van der Waals surface area contributed by atoms with Crippen molar-refractivity contribution in [2.45, 2.75) is 13.8 Å². The van der Waals surface area contributed by atoms with Gasteiger partial charge in [0.1, 0.15) is 0 Å². The zero-order valence-electron chi connectivity index (χ0n) is 4.27. The Balaban J connectivity index is 0. The van der Waals surface area contributed by atoms with E-state index in [0.29, 0.717) is 5.75 Å². The number of rotatable bonds is 1. The quantitative estimate of drug-likeness (QED) is 0.488. The number of thiol groups is 1. The van der Waals surface area contributed by atoms with E-state index in [1.54, 1.807) is 0 Å². The molecule has 0 amide bonds. The maximum atomic E-state index is 9.22. The fraction of sp³-hybridized carbons (Fsp3) is 1.00. The van der Waals surface area contributed by atoms with Gasteiger partial charge >= 0.3 is 0 Å². The molecule has 0 rings (SSSR count). The summed E-state index contributed by atoms with van der Waals surface area (Å²) in [5, 5.41) is 9.22. The molecule has 0 saturated carbocycles. The van der Waals surface area contributed by atoms with Crippen molar-refractivity contribution in [2.75, 3.05) is 12.4 Å². The summed E-state index contributed by atoms with van der Waals surface area (Å²) in [4.78, 5) is 0. The van der Waals surface area contributed by atoms with Gasteiger partial charge in [-0.15, -0.1) is 0 Å². The van der Waals surface area contributed by atoms with Crippen LogP contribution in [0.5, 0.6) is 0 Å². The van der Waals surface area contributed by atoms with E-state index < -0.39 is 0 Å². The Kier molecular flexibility index (Phi) is 29.5. The van der Waals surface area contributed by atoms with E-state index in [-0.39, 0.29) is 6.61 Å². The van der Waals surface area contributed by atoms with E-state index in [1.807, 2.05) is 13.8 Å². The van der Waals surface area contributed by atoms with Gasteiger partial charge in [0, 0.05) is 5.75 Å². The summed E-state index contributed by atoms with van der Waals surface area (Å²) in [6, 6.07) is 0. The summed E-state index contributed by atoms with van der Waals surface area (Å²) in [5.74, 6) is 0.458. The molecule has 0 aliphatic carbocycles. The van der Waals surface area contributed by atoms with E-state index in [0.717, 1.165) is 0 Å². The average Bonchev–Trinajstić information content (AvgIpc) is 1.72. The summed E-state index contributed by atoms with van der Waals surface area (Å²) in [6.45, 7) is 3.93. The first-order valence-electron chi connectivity index (χ1n) is 2.10. The van der Waals surface area contributed by atoms with Gasteiger partial charge in [-0.3, -0.25) is 0 Å². The molecule has 0 spiro atoms. The van der Waals surface area contributed by atoms with Gasteiger partial charge in [0.25, 0.3) is 0 Å². The van der Waals surface area contributed by atoms with Crippen LogP contribution in [0.4, 0.5) is 0 Å². The Bertz CT molecular complexity index is 9.51. The van der Waals surface area contributed by atoms with Gasteiger partial charge in [0.15, 0.2) is 0 Å². The maximum Gasteiger partial charge on any atom is 0.0910 e. The lowest BCUT2D eigenvalue weighted by Gasteiger charge is -1.64. The van der Waals surface area contributed by atoms with Gasteiger partial charge in [-0.2, -0.15) is 12.6 Å². The Hall–Kier alpha value is 0.310. The van der Waals surface area contributed by atoms with E-state index in [4.69, 9.17) is 0 Å². The topological polar surface area (TPSA) is 19.9 Å². The van der Waals surface area contributed by atoms with Crippen LogP contribution in [0, 0.1) is 0 Å². The molecule has 0 aliphatic heterocycles. The van der Waals surface area contributed by atoms with Crippen LogP contribution < -0.4 is 0 Å². The zero-order valence-corrected chi connectivity index (χ0v) is 5.16. The lowest BCUT2D eigenvalue weighted by atomic mass is 10.9. The van der Waals surface area contributed by atoms with Gasteiger partial charge in [0.05, 0.1) is 6.61 Å². The second-order valence-electron chi connectivity index (χ2n) is 0.428. The van der Waals surface area contributed by atoms with Gasteiger partial charge in [-0.1, -0.05) is 13.8 Å². The standard InChI is InChI=1S/C2H5OS.C2H6/c3-1-2-4;1-2/h4H,1-2H2;1-2H3. The van der Waals surface area contributed by atoms with Crippen molar-refractivity contribution >= 4 is 12.6 Å². The predicted molar refractivity (Wildman–Crippen MR) is 30.8 cm³/mol. The van der Waals surface area contributed by atoms with Crippen molar-refractivity contribution in [3.8, 4) is 0 Å². The molecule has 0 saturated heterocycles. The third-order valence-corrected chi connectivity index (χ3v) is 0.274. The monoisotopic (exact) mass is 107 g/mol. The van der Waals surface area contributed by atoms with Crippen molar-refractivity contribution < 1.29 is 5.11 Å². The lowest BCUT2D eigenvalue weighted by molar-refractivity contribution is 0.215. The molecule has 0 unspecified atom stereocenters. The highest BCUT2D eigenvalue weighted by Gasteiger charge is 1.61. The van der Waals surface area contributed by atoms with Crippen LogP contribution in [0.25, 0.3) is 0 Å². The molecule has 6 heavy (non-hydrogen) atoms. The SMILES string of the molecule is CC.[O]CCS. The lowest BCUT2D eigenvalue weighted by Crippen LogP contribution is -1.73. The van der Waals surface area contributed by atoms with Crippen LogP contribution in [0.1, 0.15) is 13.8 Å². The minimum absolute atomic E-state index is 0.0664. The molecular formula is C4H11OS. The second-order valence-corrected chi connectivity index (χ2v) is 0.875. The van der Waals surface area contributed by atoms with Crippen molar-refractivity contribution in [2.24, 2.45) is 0 Å². The molecule has 0 aromatic rings. The summed E-state index contributed by atoms with van der Waals surface area (Å²) >= 11 is 3.61. The molecule has 0 aromatic carbocycles. The molecule has 0 heterocycles. The van der Waals surface area contributed by atoms with Crippen LogP contribution in [-0.4, -0.2) is 12.4 Å². The van der Waals surface area contributed by atoms with Crippen LogP contribution in [0.2, 0.25) is 0 Å². The minimum atomic E-state index is -0.0664. The van der Waals surface area contributed by atoms with Gasteiger partial charge in [0.2, 0.25) is 0 Å². The minimum Gasteiger partial charge on any atom is -0.236 e. The normalized spacial score (nSPS) is 6.00. The summed E-state index contributed by atoms with van der Waals surface area (Å²) in [5.41, 5.74) is 0. The van der Waals surface area contributed by atoms with Crippen LogP contribution in [0.3, 0.4) is 0 Å². The van der Waals surface area contributed by atoms with Crippen LogP contribution in [-0.2, 0) is 5.11 Å². The fourth-order valence-corrected chi connectivity index (χ4v) is 0. The van der Waals surface area contributed by atoms with E-state index in [2.05, 4.69) is 12.6 Å². The molecule has 2 heteroatoms. The Morgan fingerprint density at radius 3 is 1.67 bits per heavy atom. The highest BCUT2D eigenvalue weighted by Crippen LogP contribution is 1.62. The van der Waals surface area contributed by atoms with Crippen molar-refractivity contribution in [1.29, 1.82) is 0 Å². The first-order chi connectivity index (χ1) is 2.91. The first kappa shape index (κ1) is 9.58. The van der Waals surface area contributed by atoms with Gasteiger partial charge < -0.3 is 0 Å². The average molecular weight is 107 g/mol. The van der Waals surface area contributed by atoms with Crippen molar-refractivity contribution in [3.63, 3.8) is 0 Å². The van der Waals surface area contributed by atoms with Gasteiger partial charge in [-0.25, -0.2) is 5.11 Å². The highest BCUT2D eigenvalue weighted by atomic mass is 32.1. The third kappa shape index (κ3) is 27.5. The van der Waals surface area contributed by atoms with Crippen molar-refractivity contribution in [3.05, 3.63) is 0 Å². The second kappa shape index (κ2) is 18.5. The molecule has 0 atom stereocenters. The fourth-order valence-electron chi connectivity index (χ4n) is 0. The number of hydrogen-bond acceptors (Lipinski definition) is 1. The Morgan fingerprint density at radius 1 is 1.50 bits per heavy atom.